The molecule has 9 heteroatoms. The third-order valence-electron chi connectivity index (χ3n) is 3.72. The Morgan fingerprint density at radius 1 is 1.19 bits per heavy atom. The van der Waals surface area contributed by atoms with Gasteiger partial charge < -0.3 is 24.7 Å². The van der Waals surface area contributed by atoms with E-state index in [2.05, 4.69) is 10.6 Å². The monoisotopic (exact) mass is 363 g/mol. The van der Waals surface area contributed by atoms with Crippen LogP contribution in [0.3, 0.4) is 0 Å². The highest BCUT2D eigenvalue weighted by atomic mass is 16.5. The number of carbonyl (C=O) groups excluding carboxylic acids is 3. The van der Waals surface area contributed by atoms with Crippen LogP contribution in [0.4, 0.5) is 4.79 Å². The first kappa shape index (κ1) is 19.2. The number of nitrogens with zero attached hydrogens (tertiary/aromatic N) is 1. The molecule has 0 aromatic carbocycles. The number of nitrogens with one attached hydrogen (secondary N) is 2. The highest BCUT2D eigenvalue weighted by Crippen LogP contribution is 2.17. The second kappa shape index (κ2) is 8.84. The minimum absolute atomic E-state index is 0.174. The lowest BCUT2D eigenvalue weighted by Gasteiger charge is -2.28. The molecule has 9 nitrogen and oxygen atoms in total. The summed E-state index contributed by atoms with van der Waals surface area (Å²) in [6.45, 7) is 3.08. The van der Waals surface area contributed by atoms with Crippen LogP contribution in [0.2, 0.25) is 0 Å². The predicted molar refractivity (Wildman–Crippen MR) is 91.1 cm³/mol. The van der Waals surface area contributed by atoms with E-state index in [1.807, 2.05) is 0 Å². The van der Waals surface area contributed by atoms with E-state index in [0.717, 1.165) is 0 Å². The minimum Gasteiger partial charge on any atom is -0.463 e. The molecule has 2 N–H and O–H groups in total. The molecule has 0 radical (unpaired) electrons. The molecule has 2 rings (SSSR count). The largest absolute Gasteiger partial charge is 0.463 e. The van der Waals surface area contributed by atoms with Crippen LogP contribution < -0.4 is 16.2 Å². The first-order chi connectivity index (χ1) is 12.5. The second-order valence-corrected chi connectivity index (χ2v) is 5.50. The number of aromatic nitrogens is 1. The van der Waals surface area contributed by atoms with Gasteiger partial charge in [0.2, 0.25) is 0 Å². The predicted octanol–water partition coefficient (Wildman–Crippen LogP) is 0.300. The lowest BCUT2D eigenvalue weighted by Crippen LogP contribution is -2.51. The fourth-order valence-corrected chi connectivity index (χ4v) is 2.50. The number of urea groups is 1. The first-order valence-corrected chi connectivity index (χ1v) is 8.25. The summed E-state index contributed by atoms with van der Waals surface area (Å²) >= 11 is 0. The van der Waals surface area contributed by atoms with Crippen molar-refractivity contribution in [2.24, 2.45) is 0 Å². The Balaban J connectivity index is 2.13. The van der Waals surface area contributed by atoms with Crippen LogP contribution in [0.1, 0.15) is 20.3 Å². The average molecular weight is 363 g/mol. The van der Waals surface area contributed by atoms with Crippen molar-refractivity contribution in [2.75, 3.05) is 13.2 Å². The van der Waals surface area contributed by atoms with Gasteiger partial charge in [0.25, 0.3) is 5.56 Å². The van der Waals surface area contributed by atoms with Gasteiger partial charge in [0.15, 0.2) is 0 Å². The molecule has 0 spiro atoms. The normalized spacial score (nSPS) is 16.5. The van der Waals surface area contributed by atoms with Crippen LogP contribution in [-0.2, 0) is 25.6 Å². The van der Waals surface area contributed by atoms with E-state index < -0.39 is 24.0 Å². The van der Waals surface area contributed by atoms with Gasteiger partial charge in [-0.3, -0.25) is 9.59 Å². The lowest BCUT2D eigenvalue weighted by atomic mass is 10.0. The van der Waals surface area contributed by atoms with Crippen molar-refractivity contribution < 1.29 is 23.9 Å². The molecule has 1 atom stereocenters. The van der Waals surface area contributed by atoms with Crippen LogP contribution in [-0.4, -0.2) is 41.8 Å². The number of pyridine rings is 1. The number of ether oxygens (including phenoxy) is 2. The Morgan fingerprint density at radius 3 is 2.62 bits per heavy atom. The van der Waals surface area contributed by atoms with E-state index in [1.54, 1.807) is 26.0 Å². The topological polar surface area (TPSA) is 116 Å². The van der Waals surface area contributed by atoms with E-state index in [0.29, 0.717) is 6.42 Å². The average Bonchev–Trinajstić information content (AvgIpc) is 2.61. The zero-order chi connectivity index (χ0) is 19.1. The number of amides is 2. The highest BCUT2D eigenvalue weighted by Gasteiger charge is 2.31. The summed E-state index contributed by atoms with van der Waals surface area (Å²) in [5, 5.41) is 5.11. The third-order valence-corrected chi connectivity index (χ3v) is 3.72. The van der Waals surface area contributed by atoms with Crippen LogP contribution >= 0.6 is 0 Å². The fourth-order valence-electron chi connectivity index (χ4n) is 2.50. The SMILES string of the molecule is CCOC(=O)C1=C(COC(=O)Cn2ccccc2=O)NC(=O)N[C@H]1CC. The minimum atomic E-state index is -0.671. The lowest BCUT2D eigenvalue weighted by molar-refractivity contribution is -0.144. The highest BCUT2D eigenvalue weighted by molar-refractivity contribution is 5.94. The molecular weight excluding hydrogens is 342 g/mol. The van der Waals surface area contributed by atoms with E-state index >= 15 is 0 Å². The summed E-state index contributed by atoms with van der Waals surface area (Å²) in [5.41, 5.74) is 0.0588. The molecule has 140 valence electrons. The van der Waals surface area contributed by atoms with Crippen molar-refractivity contribution >= 4 is 18.0 Å². The molecule has 2 heterocycles. The number of rotatable bonds is 7. The Bertz CT molecular complexity index is 783. The summed E-state index contributed by atoms with van der Waals surface area (Å²) in [4.78, 5) is 47.6. The third kappa shape index (κ3) is 4.71. The maximum Gasteiger partial charge on any atom is 0.338 e. The molecule has 0 unspecified atom stereocenters. The molecule has 1 aromatic rings. The van der Waals surface area contributed by atoms with Crippen molar-refractivity contribution in [1.82, 2.24) is 15.2 Å². The molecule has 1 aliphatic rings. The first-order valence-electron chi connectivity index (χ1n) is 8.25. The van der Waals surface area contributed by atoms with E-state index in [4.69, 9.17) is 9.47 Å². The molecule has 0 fully saturated rings. The molecule has 0 aliphatic carbocycles. The van der Waals surface area contributed by atoms with Crippen LogP contribution in [0.5, 0.6) is 0 Å². The van der Waals surface area contributed by atoms with Gasteiger partial charge >= 0.3 is 18.0 Å². The molecule has 2 amide bonds. The second-order valence-electron chi connectivity index (χ2n) is 5.50. The van der Waals surface area contributed by atoms with Crippen molar-refractivity contribution in [3.8, 4) is 0 Å². The number of hydrogen-bond donors (Lipinski definition) is 2. The molecular formula is C17H21N3O6. The van der Waals surface area contributed by atoms with Gasteiger partial charge in [0.1, 0.15) is 13.2 Å². The molecule has 26 heavy (non-hydrogen) atoms. The van der Waals surface area contributed by atoms with Gasteiger partial charge in [-0.05, 0) is 19.4 Å². The van der Waals surface area contributed by atoms with Crippen LogP contribution in [0.25, 0.3) is 0 Å². The summed E-state index contributed by atoms with van der Waals surface area (Å²) in [5.74, 6) is -1.26. The Kier molecular flexibility index (Phi) is 6.54. The summed E-state index contributed by atoms with van der Waals surface area (Å²) < 4.78 is 11.3. The molecule has 0 saturated carbocycles. The van der Waals surface area contributed by atoms with Crippen molar-refractivity contribution in [1.29, 1.82) is 0 Å². The maximum atomic E-state index is 12.2. The van der Waals surface area contributed by atoms with E-state index in [1.165, 1.54) is 16.8 Å². The van der Waals surface area contributed by atoms with Gasteiger partial charge in [0, 0.05) is 12.3 Å². The zero-order valence-electron chi connectivity index (χ0n) is 14.6. The Hall–Kier alpha value is -3.10. The standard InChI is InChI=1S/C17H21N3O6/c1-3-11-15(16(23)25-4-2)12(19-17(24)18-11)10-26-14(22)9-20-8-6-5-7-13(20)21/h5-8,11H,3-4,9-10H2,1-2H3,(H2,18,19,24)/t11-/m0/s1. The quantitative estimate of drug-likeness (QED) is 0.673. The van der Waals surface area contributed by atoms with Crippen molar-refractivity contribution in [3.63, 3.8) is 0 Å². The fraction of sp³-hybridized carbons (Fsp3) is 0.412. The zero-order valence-corrected chi connectivity index (χ0v) is 14.6. The summed E-state index contributed by atoms with van der Waals surface area (Å²) in [6.07, 6.45) is 1.94. The molecule has 0 saturated heterocycles. The Labute approximate surface area is 150 Å². The number of esters is 2. The summed E-state index contributed by atoms with van der Waals surface area (Å²) in [7, 11) is 0. The van der Waals surface area contributed by atoms with E-state index in [9.17, 15) is 19.2 Å². The van der Waals surface area contributed by atoms with E-state index in [-0.39, 0.29) is 36.6 Å². The van der Waals surface area contributed by atoms with Crippen molar-refractivity contribution in [3.05, 3.63) is 46.0 Å². The van der Waals surface area contributed by atoms with Crippen LogP contribution in [0.15, 0.2) is 40.5 Å². The molecule has 0 bridgehead atoms. The smallest absolute Gasteiger partial charge is 0.338 e. The van der Waals surface area contributed by atoms with Crippen molar-refractivity contribution in [2.45, 2.75) is 32.9 Å². The number of carbonyl (C=O) groups is 3. The van der Waals surface area contributed by atoms with Gasteiger partial charge in [-0.15, -0.1) is 0 Å². The molecule has 1 aromatic heterocycles. The van der Waals surface area contributed by atoms with Gasteiger partial charge in [0.05, 0.1) is 23.9 Å². The molecule has 1 aliphatic heterocycles. The Morgan fingerprint density at radius 2 is 1.96 bits per heavy atom. The number of hydrogen-bond acceptors (Lipinski definition) is 6. The van der Waals surface area contributed by atoms with Gasteiger partial charge in [-0.1, -0.05) is 13.0 Å². The maximum absolute atomic E-state index is 12.2. The van der Waals surface area contributed by atoms with Gasteiger partial charge in [-0.2, -0.15) is 0 Å². The summed E-state index contributed by atoms with van der Waals surface area (Å²) in [6, 6.07) is 3.49. The van der Waals surface area contributed by atoms with Gasteiger partial charge in [-0.25, -0.2) is 9.59 Å². The van der Waals surface area contributed by atoms with Crippen LogP contribution in [0, 0.1) is 0 Å².